The van der Waals surface area contributed by atoms with Crippen LogP contribution in [-0.2, 0) is 32.4 Å². The molecule has 0 aromatic heterocycles. The lowest BCUT2D eigenvalue weighted by Gasteiger charge is -2.20. The third-order valence-corrected chi connectivity index (χ3v) is 6.77. The summed E-state index contributed by atoms with van der Waals surface area (Å²) in [5.41, 5.74) is 3.86. The summed E-state index contributed by atoms with van der Waals surface area (Å²) < 4.78 is 31.3. The Hall–Kier alpha value is -3.15. The fourth-order valence-electron chi connectivity index (χ4n) is 3.59. The molecule has 2 aromatic carbocycles. The topological polar surface area (TPSA) is 102 Å². The van der Waals surface area contributed by atoms with E-state index in [1.54, 1.807) is 0 Å². The summed E-state index contributed by atoms with van der Waals surface area (Å²) in [6, 6.07) is 11.3. The number of hydrogen-bond donors (Lipinski definition) is 2. The van der Waals surface area contributed by atoms with E-state index in [2.05, 4.69) is 28.1 Å². The van der Waals surface area contributed by atoms with Gasteiger partial charge < -0.3 is 10.1 Å². The van der Waals surface area contributed by atoms with Crippen molar-refractivity contribution in [3.63, 3.8) is 0 Å². The molecule has 1 amide bonds. The van der Waals surface area contributed by atoms with E-state index in [0.29, 0.717) is 0 Å². The van der Waals surface area contributed by atoms with E-state index >= 15 is 0 Å². The number of terminal acetylenes is 1. The van der Waals surface area contributed by atoms with Gasteiger partial charge in [0, 0.05) is 0 Å². The predicted molar refractivity (Wildman–Crippen MR) is 120 cm³/mol. The Morgan fingerprint density at radius 2 is 1.78 bits per heavy atom. The Morgan fingerprint density at radius 3 is 2.47 bits per heavy atom. The van der Waals surface area contributed by atoms with Gasteiger partial charge in [0.05, 0.1) is 23.0 Å². The maximum Gasteiger partial charge on any atom is 0.338 e. The Kier molecular flexibility index (Phi) is 7.67. The normalized spacial score (nSPS) is 14.0. The number of fused-ring (bicyclic) bond motifs is 1. The number of rotatable bonds is 8. The van der Waals surface area contributed by atoms with Gasteiger partial charge in [0.2, 0.25) is 10.0 Å². The summed E-state index contributed by atoms with van der Waals surface area (Å²) in [6.07, 6.45) is 9.61. The number of esters is 1. The molecule has 168 valence electrons. The van der Waals surface area contributed by atoms with Gasteiger partial charge in [-0.15, -0.1) is 6.42 Å². The zero-order valence-corrected chi connectivity index (χ0v) is 18.7. The van der Waals surface area contributed by atoms with Crippen LogP contribution in [0.5, 0.6) is 0 Å². The maximum absolute atomic E-state index is 12.2. The van der Waals surface area contributed by atoms with Crippen molar-refractivity contribution in [1.82, 2.24) is 10.0 Å². The highest BCUT2D eigenvalue weighted by molar-refractivity contribution is 7.89. The molecule has 8 heteroatoms. The molecule has 7 nitrogen and oxygen atoms in total. The van der Waals surface area contributed by atoms with E-state index < -0.39 is 28.5 Å². The quantitative estimate of drug-likeness (QED) is 0.471. The minimum absolute atomic E-state index is 0.0269. The monoisotopic (exact) mass is 454 g/mol. The molecule has 2 aromatic rings. The summed E-state index contributed by atoms with van der Waals surface area (Å²) in [7, 11) is -3.75. The molecule has 32 heavy (non-hydrogen) atoms. The number of nitrogens with one attached hydrogen (secondary N) is 2. The summed E-state index contributed by atoms with van der Waals surface area (Å²) in [5, 5.41) is 2.84. The third kappa shape index (κ3) is 5.96. The molecule has 0 heterocycles. The number of benzene rings is 2. The molecule has 0 spiro atoms. The van der Waals surface area contributed by atoms with E-state index in [-0.39, 0.29) is 23.0 Å². The molecule has 0 aliphatic heterocycles. The molecule has 2 N–H and O–H groups in total. The zero-order valence-electron chi connectivity index (χ0n) is 17.9. The minimum Gasteiger partial charge on any atom is -0.452 e. The summed E-state index contributed by atoms with van der Waals surface area (Å²) in [6.45, 7) is 1.32. The van der Waals surface area contributed by atoms with Crippen LogP contribution in [0.25, 0.3) is 0 Å². The lowest BCUT2D eigenvalue weighted by molar-refractivity contribution is -0.124. The van der Waals surface area contributed by atoms with Gasteiger partial charge in [-0.2, -0.15) is 4.72 Å². The van der Waals surface area contributed by atoms with Gasteiger partial charge >= 0.3 is 5.97 Å². The van der Waals surface area contributed by atoms with Gasteiger partial charge in [-0.3, -0.25) is 4.79 Å². The molecule has 1 aliphatic rings. The summed E-state index contributed by atoms with van der Waals surface area (Å²) in [4.78, 5) is 24.4. The van der Waals surface area contributed by atoms with E-state index in [9.17, 15) is 18.0 Å². The van der Waals surface area contributed by atoms with Crippen molar-refractivity contribution in [2.45, 2.75) is 43.5 Å². The number of ether oxygens (including phenoxy) is 1. The largest absolute Gasteiger partial charge is 0.452 e. The molecule has 0 saturated heterocycles. The first-order valence-corrected chi connectivity index (χ1v) is 11.9. The third-order valence-electron chi connectivity index (χ3n) is 5.35. The van der Waals surface area contributed by atoms with Gasteiger partial charge in [-0.1, -0.05) is 24.1 Å². The van der Waals surface area contributed by atoms with Crippen molar-refractivity contribution in [3.05, 3.63) is 64.7 Å². The molecule has 0 bridgehead atoms. The van der Waals surface area contributed by atoms with Crippen molar-refractivity contribution < 1.29 is 22.7 Å². The minimum atomic E-state index is -3.75. The van der Waals surface area contributed by atoms with Gasteiger partial charge in [-0.25, -0.2) is 13.2 Å². The van der Waals surface area contributed by atoms with Crippen LogP contribution < -0.4 is 10.0 Å². The predicted octanol–water partition coefficient (Wildman–Crippen LogP) is 2.51. The van der Waals surface area contributed by atoms with Gasteiger partial charge in [-0.05, 0) is 73.6 Å². The Bertz CT molecular complexity index is 1130. The molecule has 1 unspecified atom stereocenters. The van der Waals surface area contributed by atoms with Crippen LogP contribution in [0.2, 0.25) is 0 Å². The second-order valence-corrected chi connectivity index (χ2v) is 9.42. The first-order valence-electron chi connectivity index (χ1n) is 10.4. The summed E-state index contributed by atoms with van der Waals surface area (Å²) >= 11 is 0. The van der Waals surface area contributed by atoms with Gasteiger partial charge in [0.1, 0.15) is 0 Å². The average Bonchev–Trinajstić information content (AvgIpc) is 2.81. The molecular formula is C24H26N2O5S. The highest BCUT2D eigenvalue weighted by Crippen LogP contribution is 2.24. The summed E-state index contributed by atoms with van der Waals surface area (Å²) in [5.74, 6) is 1.05. The van der Waals surface area contributed by atoms with E-state index in [1.807, 2.05) is 13.0 Å². The van der Waals surface area contributed by atoms with Crippen LogP contribution in [0.15, 0.2) is 47.4 Å². The number of sulfonamides is 1. The van der Waals surface area contributed by atoms with Crippen LogP contribution in [0.1, 0.15) is 52.9 Å². The molecule has 1 atom stereocenters. The van der Waals surface area contributed by atoms with E-state index in [0.717, 1.165) is 18.4 Å². The number of aryl methyl sites for hydroxylation is 2. The second kappa shape index (κ2) is 10.4. The number of carbonyl (C=O) groups is 2. The molecular weight excluding hydrogens is 428 g/mol. The van der Waals surface area contributed by atoms with Gasteiger partial charge in [0.25, 0.3) is 5.91 Å². The molecule has 0 saturated carbocycles. The van der Waals surface area contributed by atoms with Crippen molar-refractivity contribution in [2.75, 3.05) is 13.2 Å². The van der Waals surface area contributed by atoms with Gasteiger partial charge in [0.15, 0.2) is 6.61 Å². The highest BCUT2D eigenvalue weighted by atomic mass is 32.2. The van der Waals surface area contributed by atoms with Crippen LogP contribution in [0.4, 0.5) is 0 Å². The first-order chi connectivity index (χ1) is 15.3. The van der Waals surface area contributed by atoms with Crippen LogP contribution >= 0.6 is 0 Å². The zero-order chi connectivity index (χ0) is 23.1. The van der Waals surface area contributed by atoms with Crippen LogP contribution in [0.3, 0.4) is 0 Å². The lowest BCUT2D eigenvalue weighted by Crippen LogP contribution is -2.31. The Labute approximate surface area is 188 Å². The SMILES string of the molecule is C#CCNS(=O)(=O)c1ccc(C(=O)OCC(=O)NC(C)c2ccc3c(c2)CCCC3)cc1. The fourth-order valence-corrected chi connectivity index (χ4v) is 4.53. The van der Waals surface area contributed by atoms with Crippen molar-refractivity contribution in [1.29, 1.82) is 0 Å². The number of carbonyl (C=O) groups excluding carboxylic acids is 2. The Balaban J connectivity index is 1.52. The standard InChI is InChI=1S/C24H26N2O5S/c1-3-14-25-32(29,30)22-12-10-19(11-13-22)24(28)31-16-23(27)26-17(2)20-9-8-18-6-4-5-7-21(18)15-20/h1,8-13,15,17,25H,4-7,14,16H2,2H3,(H,26,27). The van der Waals surface area contributed by atoms with Crippen molar-refractivity contribution >= 4 is 21.9 Å². The van der Waals surface area contributed by atoms with E-state index in [1.165, 1.54) is 48.2 Å². The van der Waals surface area contributed by atoms with Crippen LogP contribution in [-0.4, -0.2) is 33.4 Å². The van der Waals surface area contributed by atoms with E-state index in [4.69, 9.17) is 11.2 Å². The van der Waals surface area contributed by atoms with Crippen molar-refractivity contribution in [3.8, 4) is 12.3 Å². The highest BCUT2D eigenvalue weighted by Gasteiger charge is 2.17. The second-order valence-electron chi connectivity index (χ2n) is 7.65. The van der Waals surface area contributed by atoms with Crippen LogP contribution in [0, 0.1) is 12.3 Å². The first kappa shape index (κ1) is 23.5. The maximum atomic E-state index is 12.2. The number of hydrogen-bond acceptors (Lipinski definition) is 5. The molecule has 0 radical (unpaired) electrons. The number of amides is 1. The van der Waals surface area contributed by atoms with Crippen molar-refractivity contribution in [2.24, 2.45) is 0 Å². The molecule has 0 fully saturated rings. The smallest absolute Gasteiger partial charge is 0.338 e. The fraction of sp³-hybridized carbons (Fsp3) is 0.333. The molecule has 3 rings (SSSR count). The Morgan fingerprint density at radius 1 is 1.09 bits per heavy atom. The average molecular weight is 455 g/mol. The molecule has 1 aliphatic carbocycles. The lowest BCUT2D eigenvalue weighted by atomic mass is 9.89.